The molecular formula is C19H34O. The van der Waals surface area contributed by atoms with Crippen molar-refractivity contribution in [1.29, 1.82) is 0 Å². The average molecular weight is 278 g/mol. The van der Waals surface area contributed by atoms with Gasteiger partial charge in [-0.15, -0.1) is 0 Å². The van der Waals surface area contributed by atoms with Gasteiger partial charge >= 0.3 is 0 Å². The van der Waals surface area contributed by atoms with E-state index in [4.69, 9.17) is 4.74 Å². The largest absolute Gasteiger partial charge is 0.378 e. The zero-order valence-corrected chi connectivity index (χ0v) is 14.0. The highest BCUT2D eigenvalue weighted by Gasteiger charge is 2.41. The fourth-order valence-corrected chi connectivity index (χ4v) is 5.62. The zero-order valence-electron chi connectivity index (χ0n) is 14.0. The van der Waals surface area contributed by atoms with Crippen LogP contribution in [-0.2, 0) is 4.74 Å². The third-order valence-electron chi connectivity index (χ3n) is 6.76. The minimum Gasteiger partial charge on any atom is -0.378 e. The number of hydrogen-bond donors (Lipinski definition) is 0. The number of fused-ring (bicyclic) bond motifs is 4. The van der Waals surface area contributed by atoms with Crippen molar-refractivity contribution in [1.82, 2.24) is 0 Å². The molecule has 116 valence electrons. The maximum absolute atomic E-state index is 5.53. The molecule has 4 fully saturated rings. The fourth-order valence-electron chi connectivity index (χ4n) is 5.62. The Labute approximate surface area is 125 Å². The second-order valence-electron chi connectivity index (χ2n) is 8.68. The van der Waals surface area contributed by atoms with E-state index in [0.29, 0.717) is 6.10 Å². The maximum Gasteiger partial charge on any atom is 0.0581 e. The van der Waals surface area contributed by atoms with Crippen molar-refractivity contribution >= 4 is 0 Å². The van der Waals surface area contributed by atoms with Crippen LogP contribution in [0.25, 0.3) is 0 Å². The molecule has 3 aliphatic carbocycles. The van der Waals surface area contributed by atoms with Gasteiger partial charge < -0.3 is 4.74 Å². The minimum absolute atomic E-state index is 0.636. The Bertz CT molecular complexity index is 290. The van der Waals surface area contributed by atoms with E-state index in [9.17, 15) is 0 Å². The molecule has 1 nitrogen and oxygen atoms in total. The Hall–Kier alpha value is -0.0400. The van der Waals surface area contributed by atoms with Gasteiger partial charge in [0.05, 0.1) is 12.7 Å². The van der Waals surface area contributed by atoms with Crippen LogP contribution in [0.2, 0.25) is 0 Å². The van der Waals surface area contributed by atoms with Crippen molar-refractivity contribution < 1.29 is 4.74 Å². The third-order valence-corrected chi connectivity index (χ3v) is 6.76. The molecule has 1 saturated heterocycles. The molecule has 0 amide bonds. The average Bonchev–Trinajstić information content (AvgIpc) is 3.18. The van der Waals surface area contributed by atoms with E-state index in [0.717, 1.165) is 48.0 Å². The minimum atomic E-state index is 0.636. The number of ether oxygens (including phenoxy) is 1. The normalized spacial score (nSPS) is 45.3. The first-order valence-electron chi connectivity index (χ1n) is 9.16. The topological polar surface area (TPSA) is 9.23 Å². The molecule has 0 aromatic rings. The van der Waals surface area contributed by atoms with Crippen molar-refractivity contribution in [3.8, 4) is 0 Å². The Morgan fingerprint density at radius 1 is 0.750 bits per heavy atom. The van der Waals surface area contributed by atoms with Crippen LogP contribution in [0.4, 0.5) is 0 Å². The lowest BCUT2D eigenvalue weighted by molar-refractivity contribution is 0.0403. The Morgan fingerprint density at radius 2 is 1.45 bits per heavy atom. The van der Waals surface area contributed by atoms with Crippen LogP contribution in [0.3, 0.4) is 0 Å². The molecule has 0 radical (unpaired) electrons. The van der Waals surface area contributed by atoms with E-state index < -0.39 is 0 Å². The van der Waals surface area contributed by atoms with Gasteiger partial charge in [0.1, 0.15) is 0 Å². The highest BCUT2D eigenvalue weighted by molar-refractivity contribution is 4.91. The number of hydrogen-bond acceptors (Lipinski definition) is 1. The third kappa shape index (κ3) is 2.93. The van der Waals surface area contributed by atoms with Gasteiger partial charge in [-0.25, -0.2) is 0 Å². The van der Waals surface area contributed by atoms with Gasteiger partial charge in [0.25, 0.3) is 0 Å². The Balaban J connectivity index is 0.000000121. The molecule has 3 saturated carbocycles. The first kappa shape index (κ1) is 14.9. The number of rotatable bonds is 2. The summed E-state index contributed by atoms with van der Waals surface area (Å²) in [5, 5.41) is 0. The highest BCUT2D eigenvalue weighted by atomic mass is 16.5. The van der Waals surface area contributed by atoms with Gasteiger partial charge in [-0.2, -0.15) is 0 Å². The van der Waals surface area contributed by atoms with Crippen molar-refractivity contribution in [2.75, 3.05) is 6.61 Å². The van der Waals surface area contributed by atoms with Crippen molar-refractivity contribution in [3.05, 3.63) is 0 Å². The van der Waals surface area contributed by atoms with Crippen molar-refractivity contribution in [3.63, 3.8) is 0 Å². The summed E-state index contributed by atoms with van der Waals surface area (Å²) in [4.78, 5) is 0. The molecule has 6 atom stereocenters. The van der Waals surface area contributed by atoms with Gasteiger partial charge in [0.15, 0.2) is 0 Å². The Morgan fingerprint density at radius 3 is 1.75 bits per heavy atom. The standard InChI is InChI=1S/C10H18.C9H16O/c1-7(2)10-6-8-3-4-9(10)5-8;1-6(2)9-4-8-3-7(9)5-10-8/h7-10H,3-6H2,1-2H3;6-9H,3-5H2,1-2H3. The molecule has 4 bridgehead atoms. The van der Waals surface area contributed by atoms with Crippen LogP contribution in [0.15, 0.2) is 0 Å². The predicted molar refractivity (Wildman–Crippen MR) is 84.6 cm³/mol. The summed E-state index contributed by atoms with van der Waals surface area (Å²) in [5.74, 6) is 7.07. The van der Waals surface area contributed by atoms with E-state index in [1.165, 1.54) is 12.8 Å². The Kier molecular flexibility index (Phi) is 4.45. The van der Waals surface area contributed by atoms with Crippen molar-refractivity contribution in [2.24, 2.45) is 41.4 Å². The van der Waals surface area contributed by atoms with E-state index in [1.54, 1.807) is 25.7 Å². The molecule has 20 heavy (non-hydrogen) atoms. The fraction of sp³-hybridized carbons (Fsp3) is 1.00. The molecule has 4 aliphatic rings. The lowest BCUT2D eigenvalue weighted by Crippen LogP contribution is -2.21. The molecule has 0 N–H and O–H groups in total. The second-order valence-corrected chi connectivity index (χ2v) is 8.68. The van der Waals surface area contributed by atoms with Crippen LogP contribution < -0.4 is 0 Å². The predicted octanol–water partition coefficient (Wildman–Crippen LogP) is 5.15. The molecule has 0 aromatic carbocycles. The van der Waals surface area contributed by atoms with Gasteiger partial charge in [-0.05, 0) is 73.5 Å². The summed E-state index contributed by atoms with van der Waals surface area (Å²) in [5.41, 5.74) is 0. The van der Waals surface area contributed by atoms with Gasteiger partial charge in [-0.3, -0.25) is 0 Å². The second kappa shape index (κ2) is 5.99. The van der Waals surface area contributed by atoms with Gasteiger partial charge in [0, 0.05) is 0 Å². The van der Waals surface area contributed by atoms with E-state index in [-0.39, 0.29) is 0 Å². The molecular weight excluding hydrogens is 244 g/mol. The molecule has 0 aromatic heterocycles. The maximum atomic E-state index is 5.53. The lowest BCUT2D eigenvalue weighted by atomic mass is 9.81. The highest BCUT2D eigenvalue weighted by Crippen LogP contribution is 2.50. The molecule has 4 rings (SSSR count). The molecule has 1 heteroatoms. The quantitative estimate of drug-likeness (QED) is 0.679. The SMILES string of the molecule is CC(C)C1CC2CC1CO2.CC(C)C1CC2CCC1C2. The van der Waals surface area contributed by atoms with E-state index in [1.807, 2.05) is 0 Å². The van der Waals surface area contributed by atoms with Crippen molar-refractivity contribution in [2.45, 2.75) is 72.3 Å². The molecule has 6 unspecified atom stereocenters. The summed E-state index contributed by atoms with van der Waals surface area (Å²) in [6.45, 7) is 10.5. The van der Waals surface area contributed by atoms with E-state index in [2.05, 4.69) is 27.7 Å². The lowest BCUT2D eigenvalue weighted by Gasteiger charge is -2.24. The van der Waals surface area contributed by atoms with Crippen LogP contribution in [0.1, 0.15) is 66.2 Å². The van der Waals surface area contributed by atoms with Crippen LogP contribution in [0, 0.1) is 41.4 Å². The van der Waals surface area contributed by atoms with Gasteiger partial charge in [-0.1, -0.05) is 34.1 Å². The smallest absolute Gasteiger partial charge is 0.0581 e. The summed E-state index contributed by atoms with van der Waals surface area (Å²) >= 11 is 0. The summed E-state index contributed by atoms with van der Waals surface area (Å²) in [6, 6.07) is 0. The molecule has 0 spiro atoms. The summed E-state index contributed by atoms with van der Waals surface area (Å²) in [6.07, 6.45) is 9.55. The van der Waals surface area contributed by atoms with E-state index >= 15 is 0 Å². The zero-order chi connectivity index (χ0) is 14.3. The summed E-state index contributed by atoms with van der Waals surface area (Å²) in [7, 11) is 0. The summed E-state index contributed by atoms with van der Waals surface area (Å²) < 4.78 is 5.53. The van der Waals surface area contributed by atoms with Crippen LogP contribution in [0.5, 0.6) is 0 Å². The van der Waals surface area contributed by atoms with Gasteiger partial charge in [0.2, 0.25) is 0 Å². The molecule has 1 heterocycles. The first-order valence-corrected chi connectivity index (χ1v) is 9.16. The first-order chi connectivity index (χ1) is 9.54. The molecule has 1 aliphatic heterocycles. The van der Waals surface area contributed by atoms with Crippen LogP contribution >= 0.6 is 0 Å². The monoisotopic (exact) mass is 278 g/mol. The van der Waals surface area contributed by atoms with Crippen LogP contribution in [-0.4, -0.2) is 12.7 Å².